The Morgan fingerprint density at radius 1 is 1.52 bits per heavy atom. The van der Waals surface area contributed by atoms with Crippen molar-refractivity contribution in [2.24, 2.45) is 18.9 Å². The Labute approximate surface area is 181 Å². The van der Waals surface area contributed by atoms with Gasteiger partial charge in [0.05, 0.1) is 16.7 Å². The van der Waals surface area contributed by atoms with Crippen molar-refractivity contribution in [3.8, 4) is 16.8 Å². The molecule has 0 saturated carbocycles. The van der Waals surface area contributed by atoms with E-state index in [9.17, 15) is 10.1 Å². The van der Waals surface area contributed by atoms with E-state index in [1.165, 1.54) is 35.0 Å². The van der Waals surface area contributed by atoms with Gasteiger partial charge in [-0.15, -0.1) is 21.5 Å². The Hall–Kier alpha value is -1.85. The molecule has 0 aliphatic heterocycles. The number of hydrogen-bond acceptors (Lipinski definition) is 6. The lowest BCUT2D eigenvalue weighted by Crippen LogP contribution is -2.49. The second-order valence-electron chi connectivity index (χ2n) is 8.25. The molecule has 6 nitrogen and oxygen atoms in total. The van der Waals surface area contributed by atoms with Gasteiger partial charge in [0.2, 0.25) is 5.91 Å². The molecule has 0 radical (unpaired) electrons. The second kappa shape index (κ2) is 8.88. The molecule has 8 heteroatoms. The van der Waals surface area contributed by atoms with Crippen molar-refractivity contribution in [3.05, 3.63) is 16.5 Å². The third-order valence-electron chi connectivity index (χ3n) is 5.94. The average molecular weight is 432 g/mol. The van der Waals surface area contributed by atoms with E-state index in [-0.39, 0.29) is 17.6 Å². The fourth-order valence-corrected chi connectivity index (χ4v) is 5.41. The Morgan fingerprint density at radius 2 is 2.28 bits per heavy atom. The molecule has 1 aliphatic carbocycles. The van der Waals surface area contributed by atoms with Crippen molar-refractivity contribution in [1.82, 2.24) is 20.1 Å². The lowest BCUT2D eigenvalue weighted by molar-refractivity contribution is -0.120. The normalized spacial score (nSPS) is 18.2. The number of nitrogens with zero attached hydrogens (tertiary/aromatic N) is 4. The summed E-state index contributed by atoms with van der Waals surface area (Å²) in [7, 11) is 1.94. The molecule has 1 aliphatic rings. The van der Waals surface area contributed by atoms with Gasteiger partial charge in [0.1, 0.15) is 5.54 Å². The number of thioether (sulfide) groups is 1. The highest BCUT2D eigenvalue weighted by molar-refractivity contribution is 7.99. The zero-order valence-corrected chi connectivity index (χ0v) is 19.4. The van der Waals surface area contributed by atoms with Gasteiger partial charge in [0.15, 0.2) is 11.0 Å². The summed E-state index contributed by atoms with van der Waals surface area (Å²) < 4.78 is 1.96. The van der Waals surface area contributed by atoms with Gasteiger partial charge in [-0.05, 0) is 49.7 Å². The van der Waals surface area contributed by atoms with E-state index in [1.807, 2.05) is 36.8 Å². The molecule has 0 saturated heterocycles. The number of rotatable bonds is 7. The van der Waals surface area contributed by atoms with Crippen molar-refractivity contribution in [2.75, 3.05) is 5.75 Å². The van der Waals surface area contributed by atoms with Gasteiger partial charge in [-0.3, -0.25) is 4.79 Å². The predicted octanol–water partition coefficient (Wildman–Crippen LogP) is 4.21. The molecule has 2 heterocycles. The average Bonchev–Trinajstić information content (AvgIpc) is 3.28. The number of nitrogens with one attached hydrogen (secondary N) is 1. The Balaban J connectivity index is 1.67. The number of carbonyl (C=O) groups is 1. The predicted molar refractivity (Wildman–Crippen MR) is 118 cm³/mol. The van der Waals surface area contributed by atoms with Crippen LogP contribution in [0, 0.1) is 23.2 Å². The molecule has 0 fully saturated rings. The molecule has 3 rings (SSSR count). The highest BCUT2D eigenvalue weighted by Gasteiger charge is 2.30. The maximum absolute atomic E-state index is 12.3. The highest BCUT2D eigenvalue weighted by Crippen LogP contribution is 2.38. The van der Waals surface area contributed by atoms with Crippen LogP contribution in [-0.4, -0.2) is 32.0 Å². The fourth-order valence-electron chi connectivity index (χ4n) is 3.47. The minimum Gasteiger partial charge on any atom is -0.337 e. The summed E-state index contributed by atoms with van der Waals surface area (Å²) >= 11 is 3.16. The van der Waals surface area contributed by atoms with Crippen LogP contribution >= 0.6 is 23.1 Å². The summed E-state index contributed by atoms with van der Waals surface area (Å²) in [5.74, 6) is 1.70. The molecule has 0 bridgehead atoms. The van der Waals surface area contributed by atoms with E-state index in [2.05, 4.69) is 34.6 Å². The molecular formula is C21H29N5OS2. The maximum Gasteiger partial charge on any atom is 0.231 e. The van der Waals surface area contributed by atoms with Crippen LogP contribution in [0.4, 0.5) is 0 Å². The van der Waals surface area contributed by atoms with Gasteiger partial charge in [-0.25, -0.2) is 0 Å². The van der Waals surface area contributed by atoms with E-state index < -0.39 is 5.54 Å². The first-order valence-electron chi connectivity index (χ1n) is 10.1. The van der Waals surface area contributed by atoms with Crippen LogP contribution in [-0.2, 0) is 24.7 Å². The summed E-state index contributed by atoms with van der Waals surface area (Å²) in [6.45, 7) is 7.87. The lowest BCUT2D eigenvalue weighted by Gasteiger charge is -2.27. The maximum atomic E-state index is 12.3. The minimum absolute atomic E-state index is 0.0278. The number of nitriles is 1. The first-order chi connectivity index (χ1) is 13.8. The van der Waals surface area contributed by atoms with Crippen LogP contribution < -0.4 is 5.32 Å². The Bertz CT molecular complexity index is 926. The fraction of sp³-hybridized carbons (Fsp3) is 0.619. The van der Waals surface area contributed by atoms with E-state index in [0.717, 1.165) is 29.5 Å². The summed E-state index contributed by atoms with van der Waals surface area (Å²) in [6, 6.07) is 4.47. The van der Waals surface area contributed by atoms with Crippen LogP contribution in [0.25, 0.3) is 10.7 Å². The van der Waals surface area contributed by atoms with Gasteiger partial charge in [0, 0.05) is 11.9 Å². The second-order valence-corrected chi connectivity index (χ2v) is 10.3. The quantitative estimate of drug-likeness (QED) is 0.664. The molecule has 2 unspecified atom stereocenters. The Morgan fingerprint density at radius 3 is 2.93 bits per heavy atom. The first kappa shape index (κ1) is 21.8. The zero-order valence-electron chi connectivity index (χ0n) is 17.8. The standard InChI is InChI=1S/C21H29N5OS2/c1-6-14-7-8-16-15(9-14)10-17(29-16)19-24-25-20(26(19)5)28-11-18(27)23-21(4,12-22)13(2)3/h10,13-14H,6-9,11H2,1-5H3,(H,23,27). The SMILES string of the molecule is CCC1CCc2sc(-c3nnc(SCC(=O)NC(C)(C#N)C(C)C)n3C)cc2C1. The van der Waals surface area contributed by atoms with Gasteiger partial charge >= 0.3 is 0 Å². The molecule has 0 spiro atoms. The number of fused-ring (bicyclic) bond motifs is 1. The van der Waals surface area contributed by atoms with Gasteiger partial charge in [-0.1, -0.05) is 39.0 Å². The number of amides is 1. The molecular weight excluding hydrogens is 402 g/mol. The molecule has 156 valence electrons. The van der Waals surface area contributed by atoms with Gasteiger partial charge < -0.3 is 9.88 Å². The molecule has 1 amide bonds. The number of thiophene rings is 1. The van der Waals surface area contributed by atoms with E-state index in [1.54, 1.807) is 6.92 Å². The van der Waals surface area contributed by atoms with Crippen LogP contribution in [0.1, 0.15) is 51.0 Å². The van der Waals surface area contributed by atoms with Crippen molar-refractivity contribution in [1.29, 1.82) is 5.26 Å². The third-order valence-corrected chi connectivity index (χ3v) is 8.19. The number of carbonyl (C=O) groups excluding carboxylic acids is 1. The summed E-state index contributed by atoms with van der Waals surface area (Å²) in [6.07, 6.45) is 4.83. The number of hydrogen-bond donors (Lipinski definition) is 1. The lowest BCUT2D eigenvalue weighted by atomic mass is 9.87. The van der Waals surface area contributed by atoms with Gasteiger partial charge in [-0.2, -0.15) is 5.26 Å². The molecule has 2 atom stereocenters. The molecule has 0 aromatic carbocycles. The van der Waals surface area contributed by atoms with Crippen LogP contribution in [0.3, 0.4) is 0 Å². The monoisotopic (exact) mass is 431 g/mol. The van der Waals surface area contributed by atoms with E-state index in [0.29, 0.717) is 5.16 Å². The first-order valence-corrected chi connectivity index (χ1v) is 11.9. The van der Waals surface area contributed by atoms with E-state index >= 15 is 0 Å². The van der Waals surface area contributed by atoms with Crippen LogP contribution in [0.15, 0.2) is 11.2 Å². The highest BCUT2D eigenvalue weighted by atomic mass is 32.2. The third kappa shape index (κ3) is 4.67. The minimum atomic E-state index is -0.866. The van der Waals surface area contributed by atoms with Gasteiger partial charge in [0.25, 0.3) is 0 Å². The van der Waals surface area contributed by atoms with Crippen molar-refractivity contribution >= 4 is 29.0 Å². The van der Waals surface area contributed by atoms with E-state index in [4.69, 9.17) is 0 Å². The summed E-state index contributed by atoms with van der Waals surface area (Å²) in [5.41, 5.74) is 0.596. The molecule has 2 aromatic rings. The number of aryl methyl sites for hydroxylation is 1. The smallest absolute Gasteiger partial charge is 0.231 e. The molecule has 2 aromatic heterocycles. The molecule has 1 N–H and O–H groups in total. The summed E-state index contributed by atoms with van der Waals surface area (Å²) in [4.78, 5) is 15.0. The zero-order chi connectivity index (χ0) is 21.2. The largest absolute Gasteiger partial charge is 0.337 e. The van der Waals surface area contributed by atoms with Crippen LogP contribution in [0.5, 0.6) is 0 Å². The molecule has 29 heavy (non-hydrogen) atoms. The van der Waals surface area contributed by atoms with Crippen molar-refractivity contribution in [2.45, 2.75) is 64.1 Å². The Kier molecular flexibility index (Phi) is 6.69. The van der Waals surface area contributed by atoms with Crippen molar-refractivity contribution in [3.63, 3.8) is 0 Å². The van der Waals surface area contributed by atoms with Crippen LogP contribution in [0.2, 0.25) is 0 Å². The number of aromatic nitrogens is 3. The van der Waals surface area contributed by atoms with Crippen molar-refractivity contribution < 1.29 is 4.79 Å². The topological polar surface area (TPSA) is 83.6 Å². The summed E-state index contributed by atoms with van der Waals surface area (Å²) in [5, 5.41) is 21.6.